The van der Waals surface area contributed by atoms with E-state index in [4.69, 9.17) is 0 Å². The van der Waals surface area contributed by atoms with Crippen LogP contribution < -0.4 is 0 Å². The Labute approximate surface area is 94.1 Å². The Kier molecular flexibility index (Phi) is 1.67. The second kappa shape index (κ2) is 2.52. The first-order valence-electron chi connectivity index (χ1n) is 6.60. The van der Waals surface area contributed by atoms with E-state index in [1.807, 2.05) is 0 Å². The normalized spacial score (nSPS) is 55.7. The molecule has 0 nitrogen and oxygen atoms in total. The molecule has 2 fully saturated rings. The van der Waals surface area contributed by atoms with Gasteiger partial charge in [-0.2, -0.15) is 0 Å². The number of hydrogen-bond donors (Lipinski definition) is 0. The molecule has 3 aliphatic carbocycles. The highest BCUT2D eigenvalue weighted by atomic mass is 14.7. The topological polar surface area (TPSA) is 0 Å². The van der Waals surface area contributed by atoms with Crippen LogP contribution in [0.15, 0.2) is 12.2 Å². The van der Waals surface area contributed by atoms with Gasteiger partial charge in [0.25, 0.3) is 0 Å². The quantitative estimate of drug-likeness (QED) is 0.513. The van der Waals surface area contributed by atoms with Gasteiger partial charge in [0.1, 0.15) is 0 Å². The Morgan fingerprint density at radius 1 is 1.13 bits per heavy atom. The summed E-state index contributed by atoms with van der Waals surface area (Å²) in [6, 6.07) is 0. The SMILES string of the molecule is C[C@H]1CC[C@@H]2C(C)(C)C[C@@]3(C)C=CC[C@]213. The predicted molar refractivity (Wildman–Crippen MR) is 64.6 cm³/mol. The minimum atomic E-state index is 0.511. The summed E-state index contributed by atoms with van der Waals surface area (Å²) < 4.78 is 0. The molecule has 0 aliphatic heterocycles. The Hall–Kier alpha value is -0.260. The van der Waals surface area contributed by atoms with E-state index in [1.165, 1.54) is 25.7 Å². The molecule has 0 bridgehead atoms. The molecule has 0 amide bonds. The first-order chi connectivity index (χ1) is 6.92. The van der Waals surface area contributed by atoms with Crippen molar-refractivity contribution in [1.82, 2.24) is 0 Å². The van der Waals surface area contributed by atoms with Crippen molar-refractivity contribution in [2.45, 2.75) is 53.4 Å². The Morgan fingerprint density at radius 2 is 1.87 bits per heavy atom. The Balaban J connectivity index is 2.15. The summed E-state index contributed by atoms with van der Waals surface area (Å²) in [5.74, 6) is 1.91. The molecule has 1 spiro atoms. The molecule has 0 radical (unpaired) electrons. The molecule has 3 rings (SSSR count). The lowest BCUT2D eigenvalue weighted by Crippen LogP contribution is -2.37. The van der Waals surface area contributed by atoms with Crippen LogP contribution in [0.5, 0.6) is 0 Å². The molecule has 0 unspecified atom stereocenters. The largest absolute Gasteiger partial charge is 0.0874 e. The molecular weight excluding hydrogens is 180 g/mol. The molecule has 0 saturated heterocycles. The van der Waals surface area contributed by atoms with E-state index in [9.17, 15) is 0 Å². The zero-order valence-corrected chi connectivity index (χ0v) is 10.6. The number of rotatable bonds is 0. The zero-order valence-electron chi connectivity index (χ0n) is 10.6. The maximum atomic E-state index is 2.55. The summed E-state index contributed by atoms with van der Waals surface area (Å²) in [6.07, 6.45) is 10.7. The van der Waals surface area contributed by atoms with Crippen molar-refractivity contribution in [1.29, 1.82) is 0 Å². The van der Waals surface area contributed by atoms with E-state index >= 15 is 0 Å². The van der Waals surface area contributed by atoms with Crippen molar-refractivity contribution >= 4 is 0 Å². The van der Waals surface area contributed by atoms with Crippen molar-refractivity contribution in [3.8, 4) is 0 Å². The van der Waals surface area contributed by atoms with E-state index in [2.05, 4.69) is 39.8 Å². The number of hydrogen-bond acceptors (Lipinski definition) is 0. The lowest BCUT2D eigenvalue weighted by molar-refractivity contribution is 0.0699. The van der Waals surface area contributed by atoms with Crippen LogP contribution in [0.25, 0.3) is 0 Å². The second-order valence-corrected chi connectivity index (χ2v) is 7.26. The van der Waals surface area contributed by atoms with Crippen LogP contribution in [0.2, 0.25) is 0 Å². The first kappa shape index (κ1) is 9.93. The van der Waals surface area contributed by atoms with E-state index in [0.29, 0.717) is 16.2 Å². The number of allylic oxidation sites excluding steroid dienone is 2. The van der Waals surface area contributed by atoms with Crippen LogP contribution >= 0.6 is 0 Å². The van der Waals surface area contributed by atoms with Gasteiger partial charge in [-0.3, -0.25) is 0 Å². The molecular formula is C15H24. The van der Waals surface area contributed by atoms with Gasteiger partial charge in [0.05, 0.1) is 0 Å². The fourth-order valence-electron chi connectivity index (χ4n) is 5.86. The molecule has 0 heterocycles. The molecule has 15 heavy (non-hydrogen) atoms. The van der Waals surface area contributed by atoms with Gasteiger partial charge in [0.15, 0.2) is 0 Å². The van der Waals surface area contributed by atoms with Gasteiger partial charge in [-0.05, 0) is 53.8 Å². The molecule has 4 atom stereocenters. The van der Waals surface area contributed by atoms with E-state index in [0.717, 1.165) is 11.8 Å². The monoisotopic (exact) mass is 204 g/mol. The van der Waals surface area contributed by atoms with E-state index in [1.54, 1.807) is 0 Å². The zero-order chi connectivity index (χ0) is 10.9. The highest BCUT2D eigenvalue weighted by Gasteiger charge is 2.68. The molecule has 0 aromatic carbocycles. The Morgan fingerprint density at radius 3 is 2.60 bits per heavy atom. The van der Waals surface area contributed by atoms with Gasteiger partial charge >= 0.3 is 0 Å². The fraction of sp³-hybridized carbons (Fsp3) is 0.867. The third-order valence-corrected chi connectivity index (χ3v) is 6.16. The second-order valence-electron chi connectivity index (χ2n) is 7.26. The summed E-state index contributed by atoms with van der Waals surface area (Å²) in [5.41, 5.74) is 1.72. The summed E-state index contributed by atoms with van der Waals surface area (Å²) in [6.45, 7) is 10.1. The minimum absolute atomic E-state index is 0.511. The maximum Gasteiger partial charge on any atom is -0.00766 e. The summed E-state index contributed by atoms with van der Waals surface area (Å²) >= 11 is 0. The van der Waals surface area contributed by atoms with Crippen LogP contribution in [-0.4, -0.2) is 0 Å². The average Bonchev–Trinajstić information content (AvgIpc) is 2.62. The van der Waals surface area contributed by atoms with Crippen molar-refractivity contribution in [3.05, 3.63) is 12.2 Å². The van der Waals surface area contributed by atoms with Crippen LogP contribution in [-0.2, 0) is 0 Å². The van der Waals surface area contributed by atoms with Gasteiger partial charge in [-0.1, -0.05) is 39.8 Å². The fourth-order valence-corrected chi connectivity index (χ4v) is 5.86. The summed E-state index contributed by atoms with van der Waals surface area (Å²) in [4.78, 5) is 0. The molecule has 0 aromatic heterocycles. The van der Waals surface area contributed by atoms with Gasteiger partial charge < -0.3 is 0 Å². The maximum absolute atomic E-state index is 2.55. The van der Waals surface area contributed by atoms with Crippen molar-refractivity contribution in [2.24, 2.45) is 28.1 Å². The van der Waals surface area contributed by atoms with Gasteiger partial charge in [-0.15, -0.1) is 0 Å². The third kappa shape index (κ3) is 0.905. The van der Waals surface area contributed by atoms with E-state index in [-0.39, 0.29) is 0 Å². The molecule has 3 aliphatic rings. The highest BCUT2D eigenvalue weighted by Crippen LogP contribution is 2.75. The molecule has 0 N–H and O–H groups in total. The molecule has 0 aromatic rings. The van der Waals surface area contributed by atoms with Crippen LogP contribution in [0.4, 0.5) is 0 Å². The van der Waals surface area contributed by atoms with Crippen LogP contribution in [0.1, 0.15) is 53.4 Å². The molecule has 2 saturated carbocycles. The molecule has 84 valence electrons. The Bertz CT molecular complexity index is 325. The van der Waals surface area contributed by atoms with Gasteiger partial charge in [0.2, 0.25) is 0 Å². The smallest absolute Gasteiger partial charge is 0.00766 e. The predicted octanol–water partition coefficient (Wildman–Crippen LogP) is 4.42. The summed E-state index contributed by atoms with van der Waals surface area (Å²) in [5, 5.41) is 0. The van der Waals surface area contributed by atoms with Crippen molar-refractivity contribution in [2.75, 3.05) is 0 Å². The summed E-state index contributed by atoms with van der Waals surface area (Å²) in [7, 11) is 0. The molecule has 0 heteroatoms. The van der Waals surface area contributed by atoms with Gasteiger partial charge in [0, 0.05) is 0 Å². The van der Waals surface area contributed by atoms with Crippen LogP contribution in [0.3, 0.4) is 0 Å². The van der Waals surface area contributed by atoms with Crippen LogP contribution in [0, 0.1) is 28.1 Å². The standard InChI is InChI=1S/C15H24/c1-11-6-7-12-13(2,3)10-14(4)8-5-9-15(11,12)14/h5,8,11-12H,6-7,9-10H2,1-4H3/t11-,12+,14+,15+/m0/s1. The average molecular weight is 204 g/mol. The third-order valence-electron chi connectivity index (χ3n) is 6.16. The van der Waals surface area contributed by atoms with Crippen molar-refractivity contribution < 1.29 is 0 Å². The van der Waals surface area contributed by atoms with Crippen molar-refractivity contribution in [3.63, 3.8) is 0 Å². The lowest BCUT2D eigenvalue weighted by atomic mass is 9.61. The van der Waals surface area contributed by atoms with Gasteiger partial charge in [-0.25, -0.2) is 0 Å². The van der Waals surface area contributed by atoms with E-state index < -0.39 is 0 Å². The lowest BCUT2D eigenvalue weighted by Gasteiger charge is -2.42. The first-order valence-corrected chi connectivity index (χ1v) is 6.60. The minimum Gasteiger partial charge on any atom is -0.0874 e. The highest BCUT2D eigenvalue weighted by molar-refractivity contribution is 5.27.